The monoisotopic (exact) mass is 274 g/mol. The quantitative estimate of drug-likeness (QED) is 0.671. The molecule has 0 saturated carbocycles. The maximum atomic E-state index is 13.3. The van der Waals surface area contributed by atoms with E-state index in [1.165, 1.54) is 12.1 Å². The number of halogens is 1. The van der Waals surface area contributed by atoms with Crippen LogP contribution in [0.2, 0.25) is 0 Å². The number of nitrogens with one attached hydrogen (secondary N) is 1. The minimum absolute atomic E-state index is 0.0278. The molecular weight excluding hydrogens is 259 g/mol. The highest BCUT2D eigenvalue weighted by Crippen LogP contribution is 2.25. The van der Waals surface area contributed by atoms with Gasteiger partial charge in [0.1, 0.15) is 0 Å². The van der Waals surface area contributed by atoms with Crippen molar-refractivity contribution in [3.8, 4) is 0 Å². The van der Waals surface area contributed by atoms with Crippen molar-refractivity contribution in [3.63, 3.8) is 0 Å². The highest BCUT2D eigenvalue weighted by atomic mass is 19.1. The molecule has 5 heteroatoms. The van der Waals surface area contributed by atoms with Gasteiger partial charge in [-0.15, -0.1) is 0 Å². The normalized spacial score (nSPS) is 11.9. The van der Waals surface area contributed by atoms with Gasteiger partial charge >= 0.3 is 5.69 Å². The lowest BCUT2D eigenvalue weighted by Gasteiger charge is -2.16. The van der Waals surface area contributed by atoms with E-state index in [2.05, 4.69) is 5.32 Å². The fourth-order valence-corrected chi connectivity index (χ4v) is 2.02. The van der Waals surface area contributed by atoms with Crippen LogP contribution in [0.15, 0.2) is 42.5 Å². The Hall–Kier alpha value is -2.43. The van der Waals surface area contributed by atoms with E-state index in [1.54, 1.807) is 0 Å². The molecule has 2 aromatic carbocycles. The molecule has 0 heterocycles. The molecule has 0 bridgehead atoms. The van der Waals surface area contributed by atoms with Crippen molar-refractivity contribution in [1.29, 1.82) is 0 Å². The first-order chi connectivity index (χ1) is 9.47. The van der Waals surface area contributed by atoms with E-state index in [1.807, 2.05) is 38.1 Å². The molecule has 2 rings (SSSR count). The molecule has 0 spiro atoms. The number of aryl methyl sites for hydroxylation is 1. The van der Waals surface area contributed by atoms with Crippen LogP contribution in [0.3, 0.4) is 0 Å². The smallest absolute Gasteiger partial charge is 0.306 e. The summed E-state index contributed by atoms with van der Waals surface area (Å²) in [6.45, 7) is 3.95. The predicted molar refractivity (Wildman–Crippen MR) is 76.3 cm³/mol. The number of nitro groups is 1. The average molecular weight is 274 g/mol. The van der Waals surface area contributed by atoms with Gasteiger partial charge in [-0.1, -0.05) is 29.8 Å². The molecule has 0 amide bonds. The lowest BCUT2D eigenvalue weighted by atomic mass is 10.1. The Balaban J connectivity index is 2.22. The summed E-state index contributed by atoms with van der Waals surface area (Å²) in [6.07, 6.45) is 0. The van der Waals surface area contributed by atoms with E-state index in [4.69, 9.17) is 0 Å². The van der Waals surface area contributed by atoms with Gasteiger partial charge in [0.15, 0.2) is 0 Å². The summed E-state index contributed by atoms with van der Waals surface area (Å²) in [5.74, 6) is -0.830. The Morgan fingerprint density at radius 3 is 2.65 bits per heavy atom. The van der Waals surface area contributed by atoms with Crippen molar-refractivity contribution >= 4 is 11.4 Å². The molecule has 0 fully saturated rings. The molecule has 2 aromatic rings. The van der Waals surface area contributed by atoms with E-state index >= 15 is 0 Å². The SMILES string of the molecule is Cc1cccc(C(C)Nc2ccc(F)c([N+](=O)[O-])c2)c1. The summed E-state index contributed by atoms with van der Waals surface area (Å²) in [5.41, 5.74) is 2.21. The molecule has 1 atom stereocenters. The zero-order chi connectivity index (χ0) is 14.7. The van der Waals surface area contributed by atoms with E-state index in [0.29, 0.717) is 5.69 Å². The van der Waals surface area contributed by atoms with Crippen molar-refractivity contribution in [2.45, 2.75) is 19.9 Å². The highest BCUT2D eigenvalue weighted by molar-refractivity contribution is 5.53. The number of nitro benzene ring substituents is 1. The molecule has 1 N–H and O–H groups in total. The standard InChI is InChI=1S/C15H15FN2O2/c1-10-4-3-5-12(8-10)11(2)17-13-6-7-14(16)15(9-13)18(19)20/h3-9,11,17H,1-2H3. The number of anilines is 1. The van der Waals surface area contributed by atoms with Gasteiger partial charge in [0.2, 0.25) is 5.82 Å². The van der Waals surface area contributed by atoms with Crippen LogP contribution >= 0.6 is 0 Å². The fourth-order valence-electron chi connectivity index (χ4n) is 2.02. The molecule has 0 saturated heterocycles. The Labute approximate surface area is 116 Å². The lowest BCUT2D eigenvalue weighted by molar-refractivity contribution is -0.387. The number of hydrogen-bond acceptors (Lipinski definition) is 3. The van der Waals surface area contributed by atoms with Crippen molar-refractivity contribution in [1.82, 2.24) is 0 Å². The first kappa shape index (κ1) is 14.0. The Morgan fingerprint density at radius 2 is 2.00 bits per heavy atom. The van der Waals surface area contributed by atoms with Gasteiger partial charge in [-0.3, -0.25) is 10.1 Å². The maximum absolute atomic E-state index is 13.3. The van der Waals surface area contributed by atoms with Crippen LogP contribution in [0, 0.1) is 22.9 Å². The number of nitrogens with zero attached hydrogens (tertiary/aromatic N) is 1. The van der Waals surface area contributed by atoms with E-state index in [-0.39, 0.29) is 6.04 Å². The number of benzene rings is 2. The number of rotatable bonds is 4. The van der Waals surface area contributed by atoms with Crippen LogP contribution in [0.4, 0.5) is 15.8 Å². The third-order valence-corrected chi connectivity index (χ3v) is 3.07. The second-order valence-electron chi connectivity index (χ2n) is 4.70. The molecule has 0 radical (unpaired) electrons. The molecule has 20 heavy (non-hydrogen) atoms. The van der Waals surface area contributed by atoms with Gasteiger partial charge in [-0.05, 0) is 31.5 Å². The van der Waals surface area contributed by atoms with Crippen LogP contribution in [-0.2, 0) is 0 Å². The zero-order valence-corrected chi connectivity index (χ0v) is 11.3. The minimum Gasteiger partial charge on any atom is -0.378 e. The molecule has 104 valence electrons. The first-order valence-electron chi connectivity index (χ1n) is 6.24. The predicted octanol–water partition coefficient (Wildman–Crippen LogP) is 4.22. The van der Waals surface area contributed by atoms with Crippen LogP contribution in [0.1, 0.15) is 24.1 Å². The second kappa shape index (κ2) is 5.69. The molecule has 0 aliphatic rings. The summed E-state index contributed by atoms with van der Waals surface area (Å²) >= 11 is 0. The van der Waals surface area contributed by atoms with Gasteiger partial charge in [0.05, 0.1) is 4.92 Å². The Bertz CT molecular complexity index is 644. The fraction of sp³-hybridized carbons (Fsp3) is 0.200. The molecule has 0 aliphatic heterocycles. The molecule has 4 nitrogen and oxygen atoms in total. The summed E-state index contributed by atoms with van der Waals surface area (Å²) in [5, 5.41) is 13.8. The Kier molecular flexibility index (Phi) is 3.98. The summed E-state index contributed by atoms with van der Waals surface area (Å²) < 4.78 is 13.3. The second-order valence-corrected chi connectivity index (χ2v) is 4.70. The lowest BCUT2D eigenvalue weighted by Crippen LogP contribution is -2.07. The third kappa shape index (κ3) is 3.12. The van der Waals surface area contributed by atoms with Gasteiger partial charge in [0.25, 0.3) is 0 Å². The van der Waals surface area contributed by atoms with Crippen LogP contribution < -0.4 is 5.32 Å². The zero-order valence-electron chi connectivity index (χ0n) is 11.3. The maximum Gasteiger partial charge on any atom is 0.306 e. The van der Waals surface area contributed by atoms with Crippen molar-refractivity contribution in [3.05, 3.63) is 69.5 Å². The van der Waals surface area contributed by atoms with Crippen molar-refractivity contribution in [2.75, 3.05) is 5.32 Å². The van der Waals surface area contributed by atoms with E-state index in [9.17, 15) is 14.5 Å². The average Bonchev–Trinajstić information content (AvgIpc) is 2.40. The third-order valence-electron chi connectivity index (χ3n) is 3.07. The molecule has 0 aliphatic carbocycles. The van der Waals surface area contributed by atoms with Gasteiger partial charge in [0, 0.05) is 17.8 Å². The highest BCUT2D eigenvalue weighted by Gasteiger charge is 2.15. The largest absolute Gasteiger partial charge is 0.378 e. The van der Waals surface area contributed by atoms with Crippen LogP contribution in [0.5, 0.6) is 0 Å². The first-order valence-corrected chi connectivity index (χ1v) is 6.24. The van der Waals surface area contributed by atoms with Crippen molar-refractivity contribution in [2.24, 2.45) is 0 Å². The summed E-state index contributed by atoms with van der Waals surface area (Å²) in [7, 11) is 0. The molecule has 1 unspecified atom stereocenters. The topological polar surface area (TPSA) is 55.2 Å². The van der Waals surface area contributed by atoms with E-state index < -0.39 is 16.4 Å². The minimum atomic E-state index is -0.830. The van der Waals surface area contributed by atoms with Gasteiger partial charge < -0.3 is 5.32 Å². The van der Waals surface area contributed by atoms with Crippen molar-refractivity contribution < 1.29 is 9.31 Å². The number of hydrogen-bond donors (Lipinski definition) is 1. The van der Waals surface area contributed by atoms with E-state index in [0.717, 1.165) is 17.2 Å². The molecule has 0 aromatic heterocycles. The molecular formula is C15H15FN2O2. The summed E-state index contributed by atoms with van der Waals surface area (Å²) in [6, 6.07) is 11.7. The van der Waals surface area contributed by atoms with Gasteiger partial charge in [-0.2, -0.15) is 4.39 Å². The summed E-state index contributed by atoms with van der Waals surface area (Å²) in [4.78, 5) is 9.99. The van der Waals surface area contributed by atoms with Crippen LogP contribution in [-0.4, -0.2) is 4.92 Å². The van der Waals surface area contributed by atoms with Crippen LogP contribution in [0.25, 0.3) is 0 Å². The Morgan fingerprint density at radius 1 is 1.25 bits per heavy atom. The van der Waals surface area contributed by atoms with Gasteiger partial charge in [-0.25, -0.2) is 0 Å².